The van der Waals surface area contributed by atoms with Gasteiger partial charge in [-0.2, -0.15) is 15.2 Å². The normalized spacial score (nSPS) is 14.6. The molecular formula is C15H16N6O2S. The average molecular weight is 344 g/mol. The van der Waals surface area contributed by atoms with Crippen molar-refractivity contribution >= 4 is 16.0 Å². The smallest absolute Gasteiger partial charge is 0.267 e. The lowest BCUT2D eigenvalue weighted by Gasteiger charge is -2.26. The van der Waals surface area contributed by atoms with E-state index in [-0.39, 0.29) is 4.90 Å². The summed E-state index contributed by atoms with van der Waals surface area (Å²) in [6.07, 6.45) is 5.01. The van der Waals surface area contributed by atoms with E-state index in [9.17, 15) is 8.42 Å². The Labute approximate surface area is 139 Å². The van der Waals surface area contributed by atoms with E-state index in [1.807, 2.05) is 30.3 Å². The monoisotopic (exact) mass is 344 g/mol. The van der Waals surface area contributed by atoms with Crippen molar-refractivity contribution in [2.75, 3.05) is 10.8 Å². The van der Waals surface area contributed by atoms with Crippen LogP contribution in [0.2, 0.25) is 0 Å². The van der Waals surface area contributed by atoms with Crippen LogP contribution < -0.4 is 4.31 Å². The fourth-order valence-electron chi connectivity index (χ4n) is 2.76. The number of rotatable bonds is 4. The zero-order valence-electron chi connectivity index (χ0n) is 12.9. The van der Waals surface area contributed by atoms with Crippen LogP contribution in [0.4, 0.5) is 5.95 Å². The Balaban J connectivity index is 1.62. The fraction of sp³-hybridized carbons (Fsp3) is 0.267. The molecule has 1 aromatic carbocycles. The molecule has 0 radical (unpaired) electrons. The third-order valence-corrected chi connectivity index (χ3v) is 5.67. The number of anilines is 1. The van der Waals surface area contributed by atoms with Gasteiger partial charge in [0.15, 0.2) is 0 Å². The van der Waals surface area contributed by atoms with Gasteiger partial charge in [-0.05, 0) is 12.0 Å². The minimum atomic E-state index is -3.69. The molecule has 9 heteroatoms. The van der Waals surface area contributed by atoms with Gasteiger partial charge in [-0.25, -0.2) is 17.4 Å². The van der Waals surface area contributed by atoms with Crippen LogP contribution in [0, 0.1) is 0 Å². The first-order valence-corrected chi connectivity index (χ1v) is 9.05. The van der Waals surface area contributed by atoms with Crippen LogP contribution in [-0.2, 0) is 23.1 Å². The molecule has 124 valence electrons. The summed E-state index contributed by atoms with van der Waals surface area (Å²) in [4.78, 5) is 4.24. The standard InChI is InChI=1S/C15H16N6O2S/c22-24(23,21-8-4-7-20-15(21)16-12-18-20)14-9-17-19(11-14)10-13-5-2-1-3-6-13/h1-3,5-6,9,11-12H,4,7-8,10H2. The van der Waals surface area contributed by atoms with E-state index >= 15 is 0 Å². The van der Waals surface area contributed by atoms with Gasteiger partial charge >= 0.3 is 0 Å². The average Bonchev–Trinajstić information content (AvgIpc) is 3.24. The van der Waals surface area contributed by atoms with Gasteiger partial charge in [0.25, 0.3) is 10.0 Å². The van der Waals surface area contributed by atoms with E-state index in [2.05, 4.69) is 15.2 Å². The molecule has 0 amide bonds. The maximum absolute atomic E-state index is 12.9. The van der Waals surface area contributed by atoms with Crippen molar-refractivity contribution in [3.63, 3.8) is 0 Å². The molecular weight excluding hydrogens is 328 g/mol. The Morgan fingerprint density at radius 1 is 1.08 bits per heavy atom. The van der Waals surface area contributed by atoms with E-state index in [0.717, 1.165) is 5.56 Å². The summed E-state index contributed by atoms with van der Waals surface area (Å²) in [7, 11) is -3.69. The highest BCUT2D eigenvalue weighted by Gasteiger charge is 2.32. The molecule has 0 saturated heterocycles. The maximum Gasteiger partial charge on any atom is 0.269 e. The Kier molecular flexibility index (Phi) is 3.57. The lowest BCUT2D eigenvalue weighted by molar-refractivity contribution is 0.529. The van der Waals surface area contributed by atoms with Gasteiger partial charge in [0.05, 0.1) is 12.7 Å². The lowest BCUT2D eigenvalue weighted by atomic mass is 10.2. The van der Waals surface area contributed by atoms with Gasteiger partial charge in [0.1, 0.15) is 11.2 Å². The molecule has 2 aromatic heterocycles. The van der Waals surface area contributed by atoms with Crippen LogP contribution in [-0.4, -0.2) is 39.5 Å². The van der Waals surface area contributed by atoms with Gasteiger partial charge in [-0.1, -0.05) is 30.3 Å². The largest absolute Gasteiger partial charge is 0.269 e. The van der Waals surface area contributed by atoms with E-state index in [1.54, 1.807) is 15.6 Å². The molecule has 4 rings (SSSR count). The topological polar surface area (TPSA) is 85.9 Å². The van der Waals surface area contributed by atoms with Crippen LogP contribution in [0.1, 0.15) is 12.0 Å². The third kappa shape index (κ3) is 2.56. The van der Waals surface area contributed by atoms with Crippen molar-refractivity contribution < 1.29 is 8.42 Å². The second-order valence-electron chi connectivity index (χ2n) is 5.57. The van der Waals surface area contributed by atoms with E-state index in [4.69, 9.17) is 0 Å². The summed E-state index contributed by atoms with van der Waals surface area (Å²) in [6.45, 7) is 1.59. The summed E-state index contributed by atoms with van der Waals surface area (Å²) in [5.41, 5.74) is 1.06. The number of aromatic nitrogens is 5. The van der Waals surface area contributed by atoms with Crippen molar-refractivity contribution in [1.29, 1.82) is 0 Å². The summed E-state index contributed by atoms with van der Waals surface area (Å²) in [6, 6.07) is 9.77. The first-order valence-electron chi connectivity index (χ1n) is 7.61. The number of sulfonamides is 1. The minimum absolute atomic E-state index is 0.162. The highest BCUT2D eigenvalue weighted by Crippen LogP contribution is 2.24. The minimum Gasteiger partial charge on any atom is -0.267 e. The van der Waals surface area contributed by atoms with Crippen LogP contribution in [0.5, 0.6) is 0 Å². The van der Waals surface area contributed by atoms with Gasteiger partial charge in [0.2, 0.25) is 5.95 Å². The van der Waals surface area contributed by atoms with Crippen molar-refractivity contribution in [3.8, 4) is 0 Å². The Bertz CT molecular complexity index is 947. The summed E-state index contributed by atoms with van der Waals surface area (Å²) < 4.78 is 30.3. The van der Waals surface area contributed by atoms with E-state index in [1.165, 1.54) is 16.8 Å². The number of benzene rings is 1. The first-order chi connectivity index (χ1) is 11.6. The summed E-state index contributed by atoms with van der Waals surface area (Å²) in [5, 5.41) is 8.24. The molecule has 1 aliphatic rings. The quantitative estimate of drug-likeness (QED) is 0.708. The van der Waals surface area contributed by atoms with Gasteiger partial charge in [0, 0.05) is 19.3 Å². The second kappa shape index (κ2) is 5.75. The molecule has 0 spiro atoms. The number of nitrogens with zero attached hydrogens (tertiary/aromatic N) is 6. The van der Waals surface area contributed by atoms with E-state index in [0.29, 0.717) is 32.0 Å². The molecule has 0 saturated carbocycles. The molecule has 0 atom stereocenters. The molecule has 0 fully saturated rings. The molecule has 3 aromatic rings. The molecule has 8 nitrogen and oxygen atoms in total. The van der Waals surface area contributed by atoms with E-state index < -0.39 is 10.0 Å². The highest BCUT2D eigenvalue weighted by atomic mass is 32.2. The molecule has 3 heterocycles. The second-order valence-corrected chi connectivity index (χ2v) is 7.44. The maximum atomic E-state index is 12.9. The van der Waals surface area contributed by atoms with Crippen molar-refractivity contribution in [2.45, 2.75) is 24.4 Å². The van der Waals surface area contributed by atoms with Crippen LogP contribution in [0.25, 0.3) is 0 Å². The molecule has 24 heavy (non-hydrogen) atoms. The molecule has 1 aliphatic heterocycles. The van der Waals surface area contributed by atoms with Crippen LogP contribution >= 0.6 is 0 Å². The highest BCUT2D eigenvalue weighted by molar-refractivity contribution is 7.92. The van der Waals surface area contributed by atoms with Crippen molar-refractivity contribution in [2.24, 2.45) is 0 Å². The number of aryl methyl sites for hydroxylation is 1. The van der Waals surface area contributed by atoms with Crippen molar-refractivity contribution in [3.05, 3.63) is 54.6 Å². The van der Waals surface area contributed by atoms with Crippen LogP contribution in [0.3, 0.4) is 0 Å². The SMILES string of the molecule is O=S(=O)(c1cnn(Cc2ccccc2)c1)N1CCCn2ncnc21. The van der Waals surface area contributed by atoms with Gasteiger partial charge < -0.3 is 0 Å². The van der Waals surface area contributed by atoms with Crippen LogP contribution in [0.15, 0.2) is 53.9 Å². The van der Waals surface area contributed by atoms with Gasteiger partial charge in [-0.3, -0.25) is 4.68 Å². The molecule has 0 unspecified atom stereocenters. The predicted molar refractivity (Wildman–Crippen MR) is 86.9 cm³/mol. The Morgan fingerprint density at radius 2 is 1.92 bits per heavy atom. The number of hydrogen-bond donors (Lipinski definition) is 0. The van der Waals surface area contributed by atoms with Gasteiger partial charge in [-0.15, -0.1) is 0 Å². The number of hydrogen-bond acceptors (Lipinski definition) is 5. The fourth-order valence-corrected chi connectivity index (χ4v) is 4.18. The zero-order valence-corrected chi connectivity index (χ0v) is 13.7. The Morgan fingerprint density at radius 3 is 2.75 bits per heavy atom. The summed E-state index contributed by atoms with van der Waals surface area (Å²) >= 11 is 0. The summed E-state index contributed by atoms with van der Waals surface area (Å²) in [5.74, 6) is 0.358. The first kappa shape index (κ1) is 14.9. The Hall–Kier alpha value is -2.68. The molecule has 0 aliphatic carbocycles. The molecule has 0 bridgehead atoms. The molecule has 0 N–H and O–H groups in total. The zero-order chi connectivity index (χ0) is 16.6. The van der Waals surface area contributed by atoms with Crippen molar-refractivity contribution in [1.82, 2.24) is 24.5 Å². The third-order valence-electron chi connectivity index (χ3n) is 3.93. The predicted octanol–water partition coefficient (Wildman–Crippen LogP) is 1.12. The lowest BCUT2D eigenvalue weighted by Crippen LogP contribution is -2.37. The number of fused-ring (bicyclic) bond motifs is 1.